The number of nitrogens with two attached hydrogens (primary N) is 1. The van der Waals surface area contributed by atoms with Gasteiger partial charge in [0.15, 0.2) is 0 Å². The second-order valence-electron chi connectivity index (χ2n) is 7.21. The Morgan fingerprint density at radius 2 is 1.27 bits per heavy atom. The van der Waals surface area contributed by atoms with Gasteiger partial charge in [0.05, 0.1) is 0 Å². The molecule has 3 heteroatoms. The van der Waals surface area contributed by atoms with Crippen LogP contribution in [-0.4, -0.2) is 19.0 Å². The van der Waals surface area contributed by atoms with E-state index < -0.39 is 0 Å². The van der Waals surface area contributed by atoms with Gasteiger partial charge in [-0.1, -0.05) is 46.6 Å². The van der Waals surface area contributed by atoms with E-state index in [1.165, 1.54) is 35.1 Å². The van der Waals surface area contributed by atoms with Crippen LogP contribution in [0.15, 0.2) is 46.6 Å². The minimum absolute atomic E-state index is 0.0246. The van der Waals surface area contributed by atoms with Crippen molar-refractivity contribution in [2.45, 2.75) is 79.6 Å². The summed E-state index contributed by atoms with van der Waals surface area (Å²) in [5.74, 6) is 0.0246. The van der Waals surface area contributed by atoms with Crippen LogP contribution in [0.4, 0.5) is 0 Å². The Hall–Kier alpha value is -1.61. The van der Waals surface area contributed by atoms with Crippen LogP contribution in [0.1, 0.15) is 79.6 Å². The molecule has 0 heterocycles. The lowest BCUT2D eigenvalue weighted by molar-refractivity contribution is -0.120. The summed E-state index contributed by atoms with van der Waals surface area (Å²) in [7, 11) is 0. The van der Waals surface area contributed by atoms with Crippen molar-refractivity contribution in [3.63, 3.8) is 0 Å². The summed E-state index contributed by atoms with van der Waals surface area (Å²) in [6.45, 7) is 11.9. The maximum absolute atomic E-state index is 11.3. The zero-order valence-electron chi connectivity index (χ0n) is 17.7. The normalized spacial score (nSPS) is 13.9. The Morgan fingerprint density at radius 3 is 1.81 bits per heavy atom. The van der Waals surface area contributed by atoms with E-state index in [9.17, 15) is 4.79 Å². The van der Waals surface area contributed by atoms with Crippen molar-refractivity contribution in [1.82, 2.24) is 5.32 Å². The van der Waals surface area contributed by atoms with Gasteiger partial charge >= 0.3 is 0 Å². The zero-order valence-corrected chi connectivity index (χ0v) is 17.7. The molecule has 0 bridgehead atoms. The van der Waals surface area contributed by atoms with Crippen LogP contribution < -0.4 is 11.1 Å². The lowest BCUT2D eigenvalue weighted by Crippen LogP contribution is -2.25. The van der Waals surface area contributed by atoms with E-state index >= 15 is 0 Å². The van der Waals surface area contributed by atoms with Gasteiger partial charge < -0.3 is 11.1 Å². The van der Waals surface area contributed by atoms with Crippen molar-refractivity contribution >= 4 is 5.91 Å². The molecule has 0 aliphatic carbocycles. The van der Waals surface area contributed by atoms with Crippen LogP contribution in [0.2, 0.25) is 0 Å². The molecule has 0 aromatic heterocycles. The molecular weight excluding hydrogens is 320 g/mol. The number of carbonyl (C=O) groups excluding carboxylic acids is 1. The lowest BCUT2D eigenvalue weighted by atomic mass is 10.0. The number of hydrogen-bond donors (Lipinski definition) is 2. The fourth-order valence-corrected chi connectivity index (χ4v) is 2.50. The van der Waals surface area contributed by atoms with E-state index in [1.807, 2.05) is 0 Å². The van der Waals surface area contributed by atoms with Crippen molar-refractivity contribution in [3.05, 3.63) is 46.6 Å². The molecule has 0 spiro atoms. The van der Waals surface area contributed by atoms with E-state index in [0.29, 0.717) is 19.5 Å². The lowest BCUT2D eigenvalue weighted by Gasteiger charge is -2.04. The van der Waals surface area contributed by atoms with E-state index in [1.54, 1.807) is 0 Å². The summed E-state index contributed by atoms with van der Waals surface area (Å²) in [4.78, 5) is 11.3. The molecule has 0 unspecified atom stereocenters. The van der Waals surface area contributed by atoms with Gasteiger partial charge in [0.25, 0.3) is 0 Å². The maximum Gasteiger partial charge on any atom is 0.221 e. The number of amides is 1. The Morgan fingerprint density at radius 1 is 0.769 bits per heavy atom. The molecule has 0 saturated heterocycles. The van der Waals surface area contributed by atoms with Crippen LogP contribution in [-0.2, 0) is 4.79 Å². The molecule has 0 saturated carbocycles. The topological polar surface area (TPSA) is 55.1 Å². The SMILES string of the molecule is CC=C(C)CCC(C)=CCCC(C)=CCCC(C)=CCNC(=O)CCN. The molecule has 1 amide bonds. The molecule has 0 rings (SSSR count). The Bertz CT molecular complexity index is 524. The predicted molar refractivity (Wildman–Crippen MR) is 115 cm³/mol. The van der Waals surface area contributed by atoms with Crippen LogP contribution in [0.25, 0.3) is 0 Å². The standard InChI is InChI=1S/C23H40N2O/c1-6-19(2)13-14-21(4)11-7-9-20(3)10-8-12-22(5)16-18-25-23(26)15-17-24/h6,10-11,16H,7-9,12-15,17-18,24H2,1-5H3,(H,25,26). The first-order valence-electron chi connectivity index (χ1n) is 9.94. The van der Waals surface area contributed by atoms with Gasteiger partial charge in [0.2, 0.25) is 5.91 Å². The Labute approximate surface area is 161 Å². The third kappa shape index (κ3) is 14.7. The Kier molecular flexibility index (Phi) is 14.7. The summed E-state index contributed by atoms with van der Waals surface area (Å²) in [6.07, 6.45) is 16.1. The maximum atomic E-state index is 11.3. The summed E-state index contributed by atoms with van der Waals surface area (Å²) in [5, 5.41) is 2.85. The van der Waals surface area contributed by atoms with Gasteiger partial charge in [0.1, 0.15) is 0 Å². The van der Waals surface area contributed by atoms with E-state index in [2.05, 4.69) is 64.2 Å². The molecule has 26 heavy (non-hydrogen) atoms. The van der Waals surface area contributed by atoms with Crippen molar-refractivity contribution < 1.29 is 4.79 Å². The average molecular weight is 361 g/mol. The van der Waals surface area contributed by atoms with Gasteiger partial charge in [-0.15, -0.1) is 0 Å². The monoisotopic (exact) mass is 360 g/mol. The highest BCUT2D eigenvalue weighted by Gasteiger charge is 1.97. The molecule has 0 aliphatic heterocycles. The Balaban J connectivity index is 4.01. The summed E-state index contributed by atoms with van der Waals surface area (Å²) in [5.41, 5.74) is 11.1. The molecule has 0 aromatic rings. The second-order valence-corrected chi connectivity index (χ2v) is 7.21. The molecule has 3 N–H and O–H groups in total. The first-order valence-corrected chi connectivity index (χ1v) is 9.94. The minimum atomic E-state index is 0.0246. The first kappa shape index (κ1) is 24.4. The minimum Gasteiger partial charge on any atom is -0.353 e. The first-order chi connectivity index (χ1) is 12.4. The predicted octanol–water partition coefficient (Wildman–Crippen LogP) is 5.60. The fourth-order valence-electron chi connectivity index (χ4n) is 2.50. The van der Waals surface area contributed by atoms with Gasteiger partial charge in [-0.2, -0.15) is 0 Å². The fraction of sp³-hybridized carbons (Fsp3) is 0.609. The number of hydrogen-bond acceptors (Lipinski definition) is 2. The van der Waals surface area contributed by atoms with E-state index in [4.69, 9.17) is 5.73 Å². The molecule has 3 nitrogen and oxygen atoms in total. The number of rotatable bonds is 13. The highest BCUT2D eigenvalue weighted by atomic mass is 16.1. The number of allylic oxidation sites excluding steroid dienone is 7. The third-order valence-corrected chi connectivity index (χ3v) is 4.59. The van der Waals surface area contributed by atoms with Crippen molar-refractivity contribution in [3.8, 4) is 0 Å². The molecule has 0 fully saturated rings. The molecule has 0 radical (unpaired) electrons. The van der Waals surface area contributed by atoms with E-state index in [-0.39, 0.29) is 5.91 Å². The molecular formula is C23H40N2O. The van der Waals surface area contributed by atoms with Crippen LogP contribution in [0.3, 0.4) is 0 Å². The molecule has 0 atom stereocenters. The van der Waals surface area contributed by atoms with Crippen LogP contribution in [0, 0.1) is 0 Å². The summed E-state index contributed by atoms with van der Waals surface area (Å²) < 4.78 is 0. The van der Waals surface area contributed by atoms with Gasteiger partial charge in [-0.05, 0) is 73.1 Å². The van der Waals surface area contributed by atoms with Crippen LogP contribution >= 0.6 is 0 Å². The highest BCUT2D eigenvalue weighted by Crippen LogP contribution is 2.14. The van der Waals surface area contributed by atoms with Gasteiger partial charge in [0, 0.05) is 19.5 Å². The van der Waals surface area contributed by atoms with Crippen molar-refractivity contribution in [2.75, 3.05) is 13.1 Å². The number of nitrogens with one attached hydrogen (secondary N) is 1. The average Bonchev–Trinajstić information content (AvgIpc) is 2.59. The highest BCUT2D eigenvalue weighted by molar-refractivity contribution is 5.76. The smallest absolute Gasteiger partial charge is 0.221 e. The largest absolute Gasteiger partial charge is 0.353 e. The van der Waals surface area contributed by atoms with Crippen molar-refractivity contribution in [2.24, 2.45) is 5.73 Å². The van der Waals surface area contributed by atoms with Crippen LogP contribution in [0.5, 0.6) is 0 Å². The quantitative estimate of drug-likeness (QED) is 0.420. The second kappa shape index (κ2) is 15.6. The summed E-state index contributed by atoms with van der Waals surface area (Å²) >= 11 is 0. The molecule has 0 aromatic carbocycles. The summed E-state index contributed by atoms with van der Waals surface area (Å²) in [6, 6.07) is 0. The zero-order chi connectivity index (χ0) is 19.8. The third-order valence-electron chi connectivity index (χ3n) is 4.59. The van der Waals surface area contributed by atoms with E-state index in [0.717, 1.165) is 25.7 Å². The van der Waals surface area contributed by atoms with Gasteiger partial charge in [-0.3, -0.25) is 4.79 Å². The van der Waals surface area contributed by atoms with Crippen molar-refractivity contribution in [1.29, 1.82) is 0 Å². The number of carbonyl (C=O) groups is 1. The molecule has 0 aliphatic rings. The van der Waals surface area contributed by atoms with Gasteiger partial charge in [-0.25, -0.2) is 0 Å². The molecule has 148 valence electrons.